The first-order valence-electron chi connectivity index (χ1n) is 5.55. The van der Waals surface area contributed by atoms with Crippen molar-refractivity contribution in [2.45, 2.75) is 38.8 Å². The normalized spacial score (nSPS) is 13.3. The monoisotopic (exact) mass is 245 g/mol. The van der Waals surface area contributed by atoms with Crippen molar-refractivity contribution in [2.75, 3.05) is 20.6 Å². The third kappa shape index (κ3) is 8.50. The van der Waals surface area contributed by atoms with Crippen LogP contribution in [0.4, 0.5) is 4.79 Å². The fraction of sp³-hybridized carbons (Fsp3) is 0.818. The fourth-order valence-electron chi connectivity index (χ4n) is 1.12. The molecule has 0 bridgehead atoms. The van der Waals surface area contributed by atoms with Crippen molar-refractivity contribution in [2.24, 2.45) is 5.73 Å². The molecule has 0 saturated heterocycles. The van der Waals surface area contributed by atoms with Gasteiger partial charge in [-0.1, -0.05) is 0 Å². The lowest BCUT2D eigenvalue weighted by Crippen LogP contribution is -2.47. The second kappa shape index (κ2) is 6.44. The predicted octanol–water partition coefficient (Wildman–Crippen LogP) is 0.317. The van der Waals surface area contributed by atoms with E-state index in [9.17, 15) is 9.59 Å². The zero-order chi connectivity index (χ0) is 13.6. The summed E-state index contributed by atoms with van der Waals surface area (Å²) < 4.78 is 5.05. The second-order valence-corrected chi connectivity index (χ2v) is 5.19. The van der Waals surface area contributed by atoms with Crippen LogP contribution in [0.1, 0.15) is 27.2 Å². The number of ether oxygens (including phenoxy) is 1. The maximum Gasteiger partial charge on any atom is 0.408 e. The number of primary amides is 1. The Morgan fingerprint density at radius 2 is 1.88 bits per heavy atom. The van der Waals surface area contributed by atoms with Gasteiger partial charge in [-0.3, -0.25) is 4.79 Å². The highest BCUT2D eigenvalue weighted by atomic mass is 16.6. The SMILES string of the molecule is CN(C)CCC(NC(=O)OC(C)(C)C)C(N)=O. The number of carbonyl (C=O) groups excluding carboxylic acids is 2. The van der Waals surface area contributed by atoms with E-state index in [2.05, 4.69) is 5.32 Å². The van der Waals surface area contributed by atoms with Crippen molar-refractivity contribution in [1.82, 2.24) is 10.2 Å². The van der Waals surface area contributed by atoms with E-state index in [1.54, 1.807) is 20.8 Å². The highest BCUT2D eigenvalue weighted by Gasteiger charge is 2.22. The molecule has 17 heavy (non-hydrogen) atoms. The van der Waals surface area contributed by atoms with Crippen LogP contribution in [0.15, 0.2) is 0 Å². The lowest BCUT2D eigenvalue weighted by atomic mass is 10.2. The van der Waals surface area contributed by atoms with Gasteiger partial charge in [0, 0.05) is 0 Å². The van der Waals surface area contributed by atoms with E-state index in [0.29, 0.717) is 13.0 Å². The van der Waals surface area contributed by atoms with Crippen LogP contribution in [0.3, 0.4) is 0 Å². The van der Waals surface area contributed by atoms with Gasteiger partial charge in [0.15, 0.2) is 0 Å². The topological polar surface area (TPSA) is 84.7 Å². The van der Waals surface area contributed by atoms with E-state index in [1.165, 1.54) is 0 Å². The summed E-state index contributed by atoms with van der Waals surface area (Å²) in [6.45, 7) is 5.92. The molecule has 0 aromatic heterocycles. The summed E-state index contributed by atoms with van der Waals surface area (Å²) in [4.78, 5) is 24.5. The Balaban J connectivity index is 4.26. The number of hydrogen-bond acceptors (Lipinski definition) is 4. The van der Waals surface area contributed by atoms with Gasteiger partial charge in [0.1, 0.15) is 11.6 Å². The summed E-state index contributed by atoms with van der Waals surface area (Å²) in [6, 6.07) is -0.702. The number of nitrogens with one attached hydrogen (secondary N) is 1. The Kier molecular flexibility index (Phi) is 5.95. The van der Waals surface area contributed by atoms with Crippen LogP contribution in [0.5, 0.6) is 0 Å². The first-order chi connectivity index (χ1) is 7.61. The molecular weight excluding hydrogens is 222 g/mol. The van der Waals surface area contributed by atoms with Crippen LogP contribution < -0.4 is 11.1 Å². The smallest absolute Gasteiger partial charge is 0.408 e. The van der Waals surface area contributed by atoms with Crippen molar-refractivity contribution in [3.8, 4) is 0 Å². The Hall–Kier alpha value is -1.30. The van der Waals surface area contributed by atoms with E-state index in [1.807, 2.05) is 19.0 Å². The van der Waals surface area contributed by atoms with E-state index in [0.717, 1.165) is 0 Å². The molecule has 3 N–H and O–H groups in total. The van der Waals surface area contributed by atoms with Crippen molar-refractivity contribution < 1.29 is 14.3 Å². The molecule has 0 fully saturated rings. The van der Waals surface area contributed by atoms with Gasteiger partial charge in [-0.25, -0.2) is 4.79 Å². The molecule has 0 radical (unpaired) electrons. The van der Waals surface area contributed by atoms with Crippen LogP contribution in [0.25, 0.3) is 0 Å². The van der Waals surface area contributed by atoms with Crippen molar-refractivity contribution in [1.29, 1.82) is 0 Å². The van der Waals surface area contributed by atoms with Crippen molar-refractivity contribution >= 4 is 12.0 Å². The van der Waals surface area contributed by atoms with Crippen LogP contribution in [-0.2, 0) is 9.53 Å². The maximum atomic E-state index is 11.5. The quantitative estimate of drug-likeness (QED) is 0.730. The highest BCUT2D eigenvalue weighted by molar-refractivity contribution is 5.84. The summed E-state index contributed by atoms with van der Waals surface area (Å²) in [5, 5.41) is 2.47. The molecule has 0 aliphatic heterocycles. The Morgan fingerprint density at radius 3 is 2.24 bits per heavy atom. The van der Waals surface area contributed by atoms with Crippen LogP contribution in [-0.4, -0.2) is 49.2 Å². The molecule has 0 rings (SSSR count). The third-order valence-corrected chi connectivity index (χ3v) is 1.90. The zero-order valence-corrected chi connectivity index (χ0v) is 11.2. The lowest BCUT2D eigenvalue weighted by Gasteiger charge is -2.23. The molecule has 6 heteroatoms. The number of amides is 2. The largest absolute Gasteiger partial charge is 0.444 e. The van der Waals surface area contributed by atoms with Gasteiger partial charge in [-0.2, -0.15) is 0 Å². The van der Waals surface area contributed by atoms with Crippen molar-refractivity contribution in [3.05, 3.63) is 0 Å². The third-order valence-electron chi connectivity index (χ3n) is 1.90. The molecule has 0 aliphatic rings. The van der Waals surface area contributed by atoms with Crippen LogP contribution in [0.2, 0.25) is 0 Å². The van der Waals surface area contributed by atoms with Gasteiger partial charge in [0.2, 0.25) is 5.91 Å². The first-order valence-corrected chi connectivity index (χ1v) is 5.55. The molecule has 1 atom stereocenters. The van der Waals surface area contributed by atoms with Gasteiger partial charge < -0.3 is 20.7 Å². The summed E-state index contributed by atoms with van der Waals surface area (Å²) in [7, 11) is 3.76. The molecule has 0 aromatic rings. The average Bonchev–Trinajstić information content (AvgIpc) is 2.08. The highest BCUT2D eigenvalue weighted by Crippen LogP contribution is 2.07. The van der Waals surface area contributed by atoms with Gasteiger partial charge in [0.05, 0.1) is 0 Å². The molecule has 100 valence electrons. The molecule has 0 heterocycles. The van der Waals surface area contributed by atoms with Gasteiger partial charge >= 0.3 is 6.09 Å². The molecule has 6 nitrogen and oxygen atoms in total. The minimum Gasteiger partial charge on any atom is -0.444 e. The molecule has 0 saturated carbocycles. The first kappa shape index (κ1) is 15.7. The minimum absolute atomic E-state index is 0.460. The predicted molar refractivity (Wildman–Crippen MR) is 65.5 cm³/mol. The van der Waals surface area contributed by atoms with Crippen LogP contribution in [0, 0.1) is 0 Å². The van der Waals surface area contributed by atoms with E-state index < -0.39 is 23.6 Å². The van der Waals surface area contributed by atoms with Crippen molar-refractivity contribution in [3.63, 3.8) is 0 Å². The maximum absolute atomic E-state index is 11.5. The zero-order valence-electron chi connectivity index (χ0n) is 11.2. The Bertz CT molecular complexity index is 272. The number of hydrogen-bond donors (Lipinski definition) is 2. The molecule has 1 unspecified atom stereocenters. The second-order valence-electron chi connectivity index (χ2n) is 5.19. The van der Waals surface area contributed by atoms with Gasteiger partial charge in [-0.15, -0.1) is 0 Å². The number of nitrogens with zero attached hydrogens (tertiary/aromatic N) is 1. The summed E-state index contributed by atoms with van der Waals surface area (Å²) >= 11 is 0. The van der Waals surface area contributed by atoms with Gasteiger partial charge in [-0.05, 0) is 47.8 Å². The number of rotatable bonds is 5. The lowest BCUT2D eigenvalue weighted by molar-refractivity contribution is -0.120. The number of carbonyl (C=O) groups is 2. The number of nitrogens with two attached hydrogens (primary N) is 1. The summed E-state index contributed by atoms with van der Waals surface area (Å²) in [5.41, 5.74) is 4.62. The Labute approximate surface area is 102 Å². The van der Waals surface area contributed by atoms with E-state index >= 15 is 0 Å². The molecule has 0 aliphatic carbocycles. The molecule has 0 spiro atoms. The average molecular weight is 245 g/mol. The molecule has 2 amide bonds. The number of alkyl carbamates (subject to hydrolysis) is 1. The standard InChI is InChI=1S/C11H23N3O3/c1-11(2,3)17-10(16)13-8(9(12)15)6-7-14(4)5/h8H,6-7H2,1-5H3,(H2,12,15)(H,13,16). The van der Waals surface area contributed by atoms with Gasteiger partial charge in [0.25, 0.3) is 0 Å². The Morgan fingerprint density at radius 1 is 1.35 bits per heavy atom. The summed E-state index contributed by atoms with van der Waals surface area (Å²) in [5.74, 6) is -0.558. The summed E-state index contributed by atoms with van der Waals surface area (Å²) in [6.07, 6.45) is -0.165. The molecular formula is C11H23N3O3. The van der Waals surface area contributed by atoms with E-state index in [4.69, 9.17) is 10.5 Å². The molecule has 0 aromatic carbocycles. The fourth-order valence-corrected chi connectivity index (χ4v) is 1.12. The van der Waals surface area contributed by atoms with E-state index in [-0.39, 0.29) is 0 Å². The minimum atomic E-state index is -0.702. The van der Waals surface area contributed by atoms with Crippen LogP contribution >= 0.6 is 0 Å².